The highest BCUT2D eigenvalue weighted by Gasteiger charge is 2.24. The first-order valence-electron chi connectivity index (χ1n) is 11.6. The second-order valence-corrected chi connectivity index (χ2v) is 11.7. The number of amides is 1. The number of unbranched alkanes of at least 4 members (excludes halogenated alkanes) is 1. The van der Waals surface area contributed by atoms with Crippen LogP contribution in [0, 0.1) is 0 Å². The number of sulfonamides is 1. The van der Waals surface area contributed by atoms with Crippen LogP contribution in [0.5, 0.6) is 5.75 Å². The lowest BCUT2D eigenvalue weighted by atomic mass is 10.2. The largest absolute Gasteiger partial charge is 0.497 e. The van der Waals surface area contributed by atoms with Gasteiger partial charge in [-0.15, -0.1) is 12.4 Å². The predicted octanol–water partition coefficient (Wildman–Crippen LogP) is 4.75. The molecule has 1 heterocycles. The zero-order valence-corrected chi connectivity index (χ0v) is 23.9. The van der Waals surface area contributed by atoms with Crippen molar-refractivity contribution in [2.75, 3.05) is 52.8 Å². The summed E-state index contributed by atoms with van der Waals surface area (Å²) in [7, 11) is 3.58. The maximum Gasteiger partial charge on any atom is 0.260 e. The molecule has 0 N–H and O–H groups in total. The number of benzene rings is 2. The van der Waals surface area contributed by atoms with E-state index < -0.39 is 10.0 Å². The van der Waals surface area contributed by atoms with Crippen LogP contribution >= 0.6 is 23.7 Å². The summed E-state index contributed by atoms with van der Waals surface area (Å²) in [5, 5.41) is 0.605. The summed E-state index contributed by atoms with van der Waals surface area (Å²) in [5.41, 5.74) is 1.19. The minimum absolute atomic E-state index is 0. The van der Waals surface area contributed by atoms with Crippen molar-refractivity contribution in [2.45, 2.75) is 31.1 Å². The maximum absolute atomic E-state index is 13.6. The average molecular weight is 555 g/mol. The van der Waals surface area contributed by atoms with Crippen LogP contribution < -0.4 is 9.64 Å². The molecule has 3 rings (SSSR count). The highest BCUT2D eigenvalue weighted by molar-refractivity contribution is 7.89. The Morgan fingerprint density at radius 1 is 1.00 bits per heavy atom. The summed E-state index contributed by atoms with van der Waals surface area (Å²) in [6.45, 7) is 3.80. The summed E-state index contributed by atoms with van der Waals surface area (Å²) in [6, 6.07) is 11.8. The van der Waals surface area contributed by atoms with E-state index in [1.807, 2.05) is 39.2 Å². The zero-order valence-electron chi connectivity index (χ0n) is 21.4. The average Bonchev–Trinajstić information content (AvgIpc) is 3.27. The molecule has 1 amide bonds. The van der Waals surface area contributed by atoms with E-state index in [9.17, 15) is 13.2 Å². The van der Waals surface area contributed by atoms with Crippen molar-refractivity contribution in [1.29, 1.82) is 0 Å². The molecule has 198 valence electrons. The van der Waals surface area contributed by atoms with Crippen molar-refractivity contribution in [2.24, 2.45) is 0 Å². The fraction of sp³-hybridized carbons (Fsp3) is 0.440. The minimum atomic E-state index is -3.59. The fourth-order valence-electron chi connectivity index (χ4n) is 3.57. The number of fused-ring (bicyclic) bond motifs is 1. The van der Waals surface area contributed by atoms with Gasteiger partial charge >= 0.3 is 0 Å². The van der Waals surface area contributed by atoms with Crippen molar-refractivity contribution in [3.8, 4) is 5.75 Å². The Morgan fingerprint density at radius 3 is 2.31 bits per heavy atom. The molecule has 0 saturated carbocycles. The van der Waals surface area contributed by atoms with Gasteiger partial charge in [-0.1, -0.05) is 24.7 Å². The SMILES string of the molecule is CCCCN(C)S(=O)(=O)c1ccc(C(=O)N(CCCN(C)C)c2nc3cc(OC)ccc3s2)cc1.Cl. The monoisotopic (exact) mass is 554 g/mol. The molecular formula is C25H35ClN4O4S2. The lowest BCUT2D eigenvalue weighted by molar-refractivity contribution is 0.0986. The molecule has 0 aliphatic heterocycles. The summed E-state index contributed by atoms with van der Waals surface area (Å²) in [6.07, 6.45) is 2.48. The van der Waals surface area contributed by atoms with Crippen molar-refractivity contribution in [1.82, 2.24) is 14.2 Å². The molecule has 2 aromatic carbocycles. The number of methoxy groups -OCH3 is 1. The number of hydrogen-bond acceptors (Lipinski definition) is 7. The van der Waals surface area contributed by atoms with Crippen molar-refractivity contribution >= 4 is 55.0 Å². The number of anilines is 1. The van der Waals surface area contributed by atoms with Crippen LogP contribution in [0.3, 0.4) is 0 Å². The van der Waals surface area contributed by atoms with E-state index in [2.05, 4.69) is 4.90 Å². The van der Waals surface area contributed by atoms with Crippen LogP contribution in [0.2, 0.25) is 0 Å². The maximum atomic E-state index is 13.6. The van der Waals surface area contributed by atoms with Gasteiger partial charge in [-0.25, -0.2) is 17.7 Å². The van der Waals surface area contributed by atoms with Gasteiger partial charge in [0.15, 0.2) is 5.13 Å². The third-order valence-electron chi connectivity index (χ3n) is 5.68. The standard InChI is InChI=1S/C25H34N4O4S2.ClH/c1-6-7-16-28(4)35(31,32)21-12-9-19(10-13-21)24(30)29(17-8-15-27(2)3)25-26-22-18-20(33-5)11-14-23(22)34-25;/h9-14,18H,6-8,15-17H2,1-5H3;1H. The van der Waals surface area contributed by atoms with Gasteiger partial charge in [0.25, 0.3) is 5.91 Å². The number of ether oxygens (including phenoxy) is 1. The van der Waals surface area contributed by atoms with Crippen LogP contribution in [0.1, 0.15) is 36.5 Å². The molecule has 0 aliphatic carbocycles. The Morgan fingerprint density at radius 2 is 1.69 bits per heavy atom. The smallest absolute Gasteiger partial charge is 0.260 e. The summed E-state index contributed by atoms with van der Waals surface area (Å²) < 4.78 is 33.3. The molecular weight excluding hydrogens is 520 g/mol. The molecule has 8 nitrogen and oxygen atoms in total. The van der Waals surface area contributed by atoms with E-state index in [-0.39, 0.29) is 23.2 Å². The van der Waals surface area contributed by atoms with E-state index in [1.54, 1.807) is 31.2 Å². The number of carbonyl (C=O) groups is 1. The van der Waals surface area contributed by atoms with Gasteiger partial charge in [-0.2, -0.15) is 0 Å². The number of rotatable bonds is 12. The first kappa shape index (κ1) is 30.0. The van der Waals surface area contributed by atoms with E-state index in [1.165, 1.54) is 27.8 Å². The van der Waals surface area contributed by atoms with Gasteiger partial charge < -0.3 is 9.64 Å². The third-order valence-corrected chi connectivity index (χ3v) is 8.61. The Labute approximate surface area is 224 Å². The zero-order chi connectivity index (χ0) is 25.6. The van der Waals surface area contributed by atoms with Crippen molar-refractivity contribution < 1.29 is 17.9 Å². The highest BCUT2D eigenvalue weighted by Crippen LogP contribution is 2.32. The molecule has 0 unspecified atom stereocenters. The fourth-order valence-corrected chi connectivity index (χ4v) is 5.75. The number of thiazole rings is 1. The normalized spacial score (nSPS) is 11.6. The number of hydrogen-bond donors (Lipinski definition) is 0. The molecule has 11 heteroatoms. The van der Waals surface area contributed by atoms with Crippen LogP contribution in [-0.4, -0.2) is 76.4 Å². The number of aromatic nitrogens is 1. The Kier molecular flexibility index (Phi) is 11.1. The summed E-state index contributed by atoms with van der Waals surface area (Å²) in [4.78, 5) is 22.2. The molecule has 0 fully saturated rings. The van der Waals surface area contributed by atoms with Gasteiger partial charge in [-0.3, -0.25) is 9.69 Å². The quantitative estimate of drug-likeness (QED) is 0.321. The Balaban J connectivity index is 0.00000456. The molecule has 0 bridgehead atoms. The third kappa shape index (κ3) is 7.17. The number of carbonyl (C=O) groups excluding carboxylic acids is 1. The molecule has 0 aliphatic rings. The molecule has 0 saturated heterocycles. The molecule has 0 atom stereocenters. The second-order valence-electron chi connectivity index (χ2n) is 8.65. The van der Waals surface area contributed by atoms with E-state index >= 15 is 0 Å². The van der Waals surface area contributed by atoms with E-state index in [4.69, 9.17) is 9.72 Å². The van der Waals surface area contributed by atoms with Crippen molar-refractivity contribution in [3.05, 3.63) is 48.0 Å². The van der Waals surface area contributed by atoms with Crippen LogP contribution in [0.4, 0.5) is 5.13 Å². The second kappa shape index (κ2) is 13.3. The number of halogens is 1. The van der Waals surface area contributed by atoms with Gasteiger partial charge in [0.2, 0.25) is 10.0 Å². The van der Waals surface area contributed by atoms with E-state index in [0.717, 1.165) is 36.0 Å². The number of nitrogens with zero attached hydrogens (tertiary/aromatic N) is 4. The lowest BCUT2D eigenvalue weighted by Gasteiger charge is -2.21. The van der Waals surface area contributed by atoms with Crippen molar-refractivity contribution in [3.63, 3.8) is 0 Å². The van der Waals surface area contributed by atoms with Gasteiger partial charge in [0.05, 0.1) is 22.2 Å². The summed E-state index contributed by atoms with van der Waals surface area (Å²) >= 11 is 1.45. The predicted molar refractivity (Wildman–Crippen MR) is 149 cm³/mol. The minimum Gasteiger partial charge on any atom is -0.497 e. The van der Waals surface area contributed by atoms with Gasteiger partial charge in [0.1, 0.15) is 5.75 Å². The summed E-state index contributed by atoms with van der Waals surface area (Å²) in [5.74, 6) is 0.499. The molecule has 0 spiro atoms. The molecule has 1 aromatic heterocycles. The van der Waals surface area contributed by atoms with Gasteiger partial charge in [0, 0.05) is 31.8 Å². The molecule has 36 heavy (non-hydrogen) atoms. The van der Waals surface area contributed by atoms with Crippen LogP contribution in [0.15, 0.2) is 47.4 Å². The molecule has 0 radical (unpaired) electrons. The van der Waals surface area contributed by atoms with Crippen LogP contribution in [0.25, 0.3) is 10.2 Å². The molecule has 3 aromatic rings. The van der Waals surface area contributed by atoms with Gasteiger partial charge in [-0.05, 0) is 69.9 Å². The van der Waals surface area contributed by atoms with Crippen LogP contribution in [-0.2, 0) is 10.0 Å². The Bertz CT molecular complexity index is 1250. The lowest BCUT2D eigenvalue weighted by Crippen LogP contribution is -2.33. The van der Waals surface area contributed by atoms with E-state index in [0.29, 0.717) is 29.5 Å². The first-order valence-corrected chi connectivity index (χ1v) is 13.9. The topological polar surface area (TPSA) is 83.1 Å². The first-order chi connectivity index (χ1) is 16.7. The highest BCUT2D eigenvalue weighted by atomic mass is 35.5. The Hall–Kier alpha value is -2.24.